The first-order chi connectivity index (χ1) is 6.50. The van der Waals surface area contributed by atoms with Crippen LogP contribution in [0.4, 0.5) is 14.6 Å². The van der Waals surface area contributed by atoms with Gasteiger partial charge in [-0.05, 0) is 19.9 Å². The van der Waals surface area contributed by atoms with Gasteiger partial charge in [0.15, 0.2) is 5.15 Å². The SMILES string of the molecule is CC(C)Nc1cc(C(F)F)c(Cl)nn1. The molecule has 1 heterocycles. The van der Waals surface area contributed by atoms with Crippen molar-refractivity contribution in [1.82, 2.24) is 10.2 Å². The minimum Gasteiger partial charge on any atom is -0.366 e. The van der Waals surface area contributed by atoms with Gasteiger partial charge in [-0.2, -0.15) is 0 Å². The van der Waals surface area contributed by atoms with E-state index in [2.05, 4.69) is 15.5 Å². The summed E-state index contributed by atoms with van der Waals surface area (Å²) in [5, 5.41) is 9.67. The van der Waals surface area contributed by atoms with Crippen LogP contribution >= 0.6 is 11.6 Å². The van der Waals surface area contributed by atoms with Crippen molar-refractivity contribution in [2.75, 3.05) is 5.32 Å². The topological polar surface area (TPSA) is 37.8 Å². The first kappa shape index (κ1) is 11.1. The molecule has 0 radical (unpaired) electrons. The number of aromatic nitrogens is 2. The molecule has 0 aliphatic carbocycles. The summed E-state index contributed by atoms with van der Waals surface area (Å²) >= 11 is 5.45. The summed E-state index contributed by atoms with van der Waals surface area (Å²) in [5.41, 5.74) is -0.301. The van der Waals surface area contributed by atoms with Crippen LogP contribution in [-0.4, -0.2) is 16.2 Å². The van der Waals surface area contributed by atoms with Crippen LogP contribution in [0.5, 0.6) is 0 Å². The predicted octanol–water partition coefficient (Wildman–Crippen LogP) is 2.89. The molecule has 0 saturated heterocycles. The lowest BCUT2D eigenvalue weighted by molar-refractivity contribution is 0.151. The van der Waals surface area contributed by atoms with Crippen LogP contribution in [0.3, 0.4) is 0 Å². The second kappa shape index (κ2) is 4.50. The number of anilines is 1. The van der Waals surface area contributed by atoms with E-state index in [1.54, 1.807) is 0 Å². The van der Waals surface area contributed by atoms with E-state index in [0.717, 1.165) is 0 Å². The predicted molar refractivity (Wildman–Crippen MR) is 50.8 cm³/mol. The molecule has 0 atom stereocenters. The van der Waals surface area contributed by atoms with Gasteiger partial charge in [0.2, 0.25) is 0 Å². The Morgan fingerprint density at radius 1 is 1.36 bits per heavy atom. The summed E-state index contributed by atoms with van der Waals surface area (Å²) in [7, 11) is 0. The molecule has 0 bridgehead atoms. The number of halogens is 3. The molecule has 0 saturated carbocycles. The number of nitrogens with zero attached hydrogens (tertiary/aromatic N) is 2. The third-order valence-corrected chi connectivity index (χ3v) is 1.74. The molecule has 0 amide bonds. The van der Waals surface area contributed by atoms with E-state index in [9.17, 15) is 8.78 Å². The van der Waals surface area contributed by atoms with Gasteiger partial charge in [0.05, 0.1) is 5.56 Å². The molecule has 0 spiro atoms. The van der Waals surface area contributed by atoms with Crippen LogP contribution < -0.4 is 5.32 Å². The van der Waals surface area contributed by atoms with Crippen LogP contribution in [0, 0.1) is 0 Å². The first-order valence-electron chi connectivity index (χ1n) is 4.08. The Hall–Kier alpha value is -0.970. The number of hydrogen-bond acceptors (Lipinski definition) is 3. The largest absolute Gasteiger partial charge is 0.366 e. The van der Waals surface area contributed by atoms with Crippen molar-refractivity contribution in [1.29, 1.82) is 0 Å². The Kier molecular flexibility index (Phi) is 3.57. The van der Waals surface area contributed by atoms with Crippen LogP contribution in [0.1, 0.15) is 25.8 Å². The molecular formula is C8H10ClF2N3. The first-order valence-corrected chi connectivity index (χ1v) is 4.46. The van der Waals surface area contributed by atoms with E-state index in [0.29, 0.717) is 5.82 Å². The average Bonchev–Trinajstić information content (AvgIpc) is 2.07. The molecule has 1 aromatic heterocycles. The number of hydrogen-bond donors (Lipinski definition) is 1. The second-order valence-corrected chi connectivity index (χ2v) is 3.43. The second-order valence-electron chi connectivity index (χ2n) is 3.08. The van der Waals surface area contributed by atoms with Gasteiger partial charge in [0.1, 0.15) is 5.82 Å². The smallest absolute Gasteiger partial charge is 0.267 e. The van der Waals surface area contributed by atoms with Gasteiger partial charge in [-0.3, -0.25) is 0 Å². The standard InChI is InChI=1S/C8H10ClF2N3/c1-4(2)12-6-3-5(8(10)11)7(9)14-13-6/h3-4,8H,1-2H3,(H,12,13). The number of nitrogens with one attached hydrogen (secondary N) is 1. The molecule has 0 aromatic carbocycles. The van der Waals surface area contributed by atoms with Crippen molar-refractivity contribution in [2.45, 2.75) is 26.3 Å². The molecule has 0 aliphatic rings. The van der Waals surface area contributed by atoms with E-state index in [1.807, 2.05) is 13.8 Å². The van der Waals surface area contributed by atoms with Crippen molar-refractivity contribution < 1.29 is 8.78 Å². The Labute approximate surface area is 85.5 Å². The van der Waals surface area contributed by atoms with Crippen molar-refractivity contribution in [3.05, 3.63) is 16.8 Å². The maximum atomic E-state index is 12.4. The molecule has 6 heteroatoms. The van der Waals surface area contributed by atoms with Crippen LogP contribution in [-0.2, 0) is 0 Å². The fraction of sp³-hybridized carbons (Fsp3) is 0.500. The molecule has 0 fully saturated rings. The Morgan fingerprint density at radius 2 is 2.00 bits per heavy atom. The monoisotopic (exact) mass is 221 g/mol. The van der Waals surface area contributed by atoms with E-state index in [4.69, 9.17) is 11.6 Å². The zero-order chi connectivity index (χ0) is 10.7. The zero-order valence-electron chi connectivity index (χ0n) is 7.76. The lowest BCUT2D eigenvalue weighted by Gasteiger charge is -2.09. The molecule has 1 rings (SSSR count). The van der Waals surface area contributed by atoms with Gasteiger partial charge in [0, 0.05) is 6.04 Å². The summed E-state index contributed by atoms with van der Waals surface area (Å²) in [6.07, 6.45) is -2.63. The summed E-state index contributed by atoms with van der Waals surface area (Å²) in [4.78, 5) is 0. The maximum Gasteiger partial charge on any atom is 0.267 e. The molecule has 1 N–H and O–H groups in total. The quantitative estimate of drug-likeness (QED) is 0.853. The highest BCUT2D eigenvalue weighted by Gasteiger charge is 2.14. The summed E-state index contributed by atoms with van der Waals surface area (Å²) in [6.45, 7) is 3.75. The maximum absolute atomic E-state index is 12.4. The molecule has 78 valence electrons. The minimum absolute atomic E-state index is 0.107. The van der Waals surface area contributed by atoms with Crippen molar-refractivity contribution in [2.24, 2.45) is 0 Å². The van der Waals surface area contributed by atoms with Gasteiger partial charge in [0.25, 0.3) is 6.43 Å². The van der Waals surface area contributed by atoms with Gasteiger partial charge < -0.3 is 5.32 Å². The third-order valence-electron chi connectivity index (χ3n) is 1.45. The molecular weight excluding hydrogens is 212 g/mol. The molecule has 1 aromatic rings. The van der Waals surface area contributed by atoms with Crippen molar-refractivity contribution >= 4 is 17.4 Å². The van der Waals surface area contributed by atoms with Gasteiger partial charge in [-0.15, -0.1) is 10.2 Å². The van der Waals surface area contributed by atoms with Crippen LogP contribution in [0.15, 0.2) is 6.07 Å². The molecule has 0 unspecified atom stereocenters. The number of alkyl halides is 2. The fourth-order valence-corrected chi connectivity index (χ4v) is 1.09. The van der Waals surface area contributed by atoms with Crippen LogP contribution in [0.2, 0.25) is 5.15 Å². The lowest BCUT2D eigenvalue weighted by Crippen LogP contribution is -2.12. The van der Waals surface area contributed by atoms with Gasteiger partial charge >= 0.3 is 0 Å². The van der Waals surface area contributed by atoms with Gasteiger partial charge in [-0.25, -0.2) is 8.78 Å². The van der Waals surface area contributed by atoms with Crippen LogP contribution in [0.25, 0.3) is 0 Å². The van der Waals surface area contributed by atoms with E-state index in [1.165, 1.54) is 6.07 Å². The summed E-state index contributed by atoms with van der Waals surface area (Å²) < 4.78 is 24.7. The number of rotatable bonds is 3. The average molecular weight is 222 g/mol. The highest BCUT2D eigenvalue weighted by atomic mass is 35.5. The van der Waals surface area contributed by atoms with E-state index < -0.39 is 6.43 Å². The Bertz CT molecular complexity index is 317. The Balaban J connectivity index is 2.94. The summed E-state index contributed by atoms with van der Waals surface area (Å²) in [5.74, 6) is 0.305. The highest BCUT2D eigenvalue weighted by molar-refractivity contribution is 6.30. The van der Waals surface area contributed by atoms with Gasteiger partial charge in [-0.1, -0.05) is 11.6 Å². The molecule has 3 nitrogen and oxygen atoms in total. The zero-order valence-corrected chi connectivity index (χ0v) is 8.52. The highest BCUT2D eigenvalue weighted by Crippen LogP contribution is 2.26. The third kappa shape index (κ3) is 2.77. The lowest BCUT2D eigenvalue weighted by atomic mass is 10.3. The minimum atomic E-state index is -2.63. The fourth-order valence-electron chi connectivity index (χ4n) is 0.911. The summed E-state index contributed by atoms with van der Waals surface area (Å²) in [6, 6.07) is 1.32. The van der Waals surface area contributed by atoms with Crippen molar-refractivity contribution in [3.63, 3.8) is 0 Å². The molecule has 0 aliphatic heterocycles. The van der Waals surface area contributed by atoms with E-state index >= 15 is 0 Å². The Morgan fingerprint density at radius 3 is 2.50 bits per heavy atom. The normalized spacial score (nSPS) is 11.1. The van der Waals surface area contributed by atoms with Crippen molar-refractivity contribution in [3.8, 4) is 0 Å². The molecule has 14 heavy (non-hydrogen) atoms. The van der Waals surface area contributed by atoms with E-state index in [-0.39, 0.29) is 16.8 Å².